The number of Topliss-reactive ketones (excluding diaryl/α,β-unsaturated/α-hetero) is 1. The molecule has 1 aromatic carbocycles. The second-order valence-electron chi connectivity index (χ2n) is 5.68. The number of allylic oxidation sites excluding steroid dienone is 1. The number of aliphatic imine (C=N–C) groups is 1. The van der Waals surface area contributed by atoms with Crippen molar-refractivity contribution >= 4 is 34.6 Å². The first kappa shape index (κ1) is 15.5. The van der Waals surface area contributed by atoms with Gasteiger partial charge in [0.25, 0.3) is 0 Å². The zero-order chi connectivity index (χ0) is 16.7. The second kappa shape index (κ2) is 6.11. The molecule has 0 amide bonds. The highest BCUT2D eigenvalue weighted by Crippen LogP contribution is 2.39. The molecule has 7 heteroatoms. The summed E-state index contributed by atoms with van der Waals surface area (Å²) in [5.74, 6) is 0.283. The number of aromatic nitrogens is 1. The molecule has 4 rings (SSSR count). The van der Waals surface area contributed by atoms with Crippen molar-refractivity contribution in [3.05, 3.63) is 62.5 Å². The van der Waals surface area contributed by atoms with Crippen molar-refractivity contribution in [2.75, 3.05) is 0 Å². The zero-order valence-corrected chi connectivity index (χ0v) is 14.1. The van der Waals surface area contributed by atoms with Crippen molar-refractivity contribution in [1.29, 1.82) is 0 Å². The van der Waals surface area contributed by atoms with Gasteiger partial charge >= 0.3 is 0 Å². The van der Waals surface area contributed by atoms with Crippen LogP contribution >= 0.6 is 22.9 Å². The quantitative estimate of drug-likeness (QED) is 0.878. The smallest absolute Gasteiger partial charge is 0.163 e. The number of nitrogens with zero attached hydrogens (tertiary/aromatic N) is 2. The SMILES string of the molecule is O=C1CCCC2=C1C(c1ccc(F)cc1Cl)N=C(c1nccs1)N2. The van der Waals surface area contributed by atoms with Gasteiger partial charge in [0.2, 0.25) is 0 Å². The van der Waals surface area contributed by atoms with Gasteiger partial charge in [0.05, 0.1) is 0 Å². The lowest BCUT2D eigenvalue weighted by molar-refractivity contribution is -0.116. The minimum atomic E-state index is -0.527. The van der Waals surface area contributed by atoms with Gasteiger partial charge < -0.3 is 5.32 Å². The van der Waals surface area contributed by atoms with E-state index in [2.05, 4.69) is 15.3 Å². The van der Waals surface area contributed by atoms with Gasteiger partial charge in [-0.2, -0.15) is 0 Å². The van der Waals surface area contributed by atoms with Crippen molar-refractivity contribution in [2.24, 2.45) is 4.99 Å². The van der Waals surface area contributed by atoms with Gasteiger partial charge in [-0.25, -0.2) is 9.37 Å². The molecule has 1 aliphatic heterocycles. The molecule has 0 saturated heterocycles. The number of rotatable bonds is 2. The number of halogens is 2. The molecule has 0 fully saturated rings. The minimum Gasteiger partial charge on any atom is -0.341 e. The summed E-state index contributed by atoms with van der Waals surface area (Å²) >= 11 is 7.71. The van der Waals surface area contributed by atoms with Crippen LogP contribution in [-0.4, -0.2) is 16.6 Å². The molecular weight excluding hydrogens is 349 g/mol. The van der Waals surface area contributed by atoms with Gasteiger partial charge in [-0.3, -0.25) is 9.79 Å². The lowest BCUT2D eigenvalue weighted by Gasteiger charge is -2.30. The standard InChI is InChI=1S/C17H13ClFN3OS/c18-11-8-9(19)4-5-10(11)15-14-12(2-1-3-13(14)23)21-16(22-15)17-20-6-7-24-17/h4-8,15H,1-3H2,(H,21,22). The lowest BCUT2D eigenvalue weighted by Crippen LogP contribution is -2.35. The molecule has 1 N–H and O–H groups in total. The van der Waals surface area contributed by atoms with E-state index in [1.165, 1.54) is 23.5 Å². The Balaban J connectivity index is 1.86. The maximum atomic E-state index is 13.4. The summed E-state index contributed by atoms with van der Waals surface area (Å²) in [6.07, 6.45) is 3.79. The monoisotopic (exact) mass is 361 g/mol. The van der Waals surface area contributed by atoms with Crippen LogP contribution in [0.3, 0.4) is 0 Å². The summed E-state index contributed by atoms with van der Waals surface area (Å²) in [5.41, 5.74) is 2.14. The third kappa shape index (κ3) is 2.65. The summed E-state index contributed by atoms with van der Waals surface area (Å²) in [6.45, 7) is 0. The van der Waals surface area contributed by atoms with Gasteiger partial charge in [-0.05, 0) is 25.0 Å². The molecule has 4 nitrogen and oxygen atoms in total. The van der Waals surface area contributed by atoms with Crippen LogP contribution in [0.25, 0.3) is 0 Å². The first-order valence-corrected chi connectivity index (χ1v) is 8.85. The van der Waals surface area contributed by atoms with E-state index in [4.69, 9.17) is 11.6 Å². The first-order valence-electron chi connectivity index (χ1n) is 7.59. The molecule has 1 unspecified atom stereocenters. The Bertz CT molecular complexity index is 876. The number of amidine groups is 1. The normalized spacial score (nSPS) is 20.5. The number of carbonyl (C=O) groups excluding carboxylic acids is 1. The Morgan fingerprint density at radius 3 is 2.96 bits per heavy atom. The highest BCUT2D eigenvalue weighted by atomic mass is 35.5. The molecule has 0 spiro atoms. The lowest BCUT2D eigenvalue weighted by atomic mass is 9.85. The minimum absolute atomic E-state index is 0.0658. The van der Waals surface area contributed by atoms with Crippen LogP contribution in [-0.2, 0) is 4.79 Å². The summed E-state index contributed by atoms with van der Waals surface area (Å²) < 4.78 is 13.4. The summed E-state index contributed by atoms with van der Waals surface area (Å²) in [7, 11) is 0. The van der Waals surface area contributed by atoms with E-state index in [-0.39, 0.29) is 10.8 Å². The third-order valence-electron chi connectivity index (χ3n) is 4.15. The number of hydrogen-bond acceptors (Lipinski definition) is 5. The van der Waals surface area contributed by atoms with Crippen molar-refractivity contribution in [3.63, 3.8) is 0 Å². The Labute approximate surface area is 147 Å². The zero-order valence-electron chi connectivity index (χ0n) is 12.6. The number of ketones is 1. The van der Waals surface area contributed by atoms with E-state index < -0.39 is 11.9 Å². The van der Waals surface area contributed by atoms with Crippen molar-refractivity contribution in [3.8, 4) is 0 Å². The number of carbonyl (C=O) groups is 1. The molecule has 0 radical (unpaired) electrons. The molecule has 0 saturated carbocycles. The highest BCUT2D eigenvalue weighted by molar-refractivity contribution is 7.11. The van der Waals surface area contributed by atoms with E-state index in [9.17, 15) is 9.18 Å². The average Bonchev–Trinajstić information content (AvgIpc) is 3.09. The number of benzene rings is 1. The van der Waals surface area contributed by atoms with Crippen LogP contribution in [0.1, 0.15) is 35.9 Å². The molecule has 2 heterocycles. The van der Waals surface area contributed by atoms with E-state index in [0.29, 0.717) is 23.4 Å². The molecule has 1 atom stereocenters. The largest absolute Gasteiger partial charge is 0.341 e. The highest BCUT2D eigenvalue weighted by Gasteiger charge is 2.34. The Hall–Kier alpha value is -2.05. The maximum absolute atomic E-state index is 13.4. The van der Waals surface area contributed by atoms with Gasteiger partial charge in [-0.1, -0.05) is 17.7 Å². The molecule has 122 valence electrons. The fraction of sp³-hybridized carbons (Fsp3) is 0.235. The van der Waals surface area contributed by atoms with Gasteiger partial charge in [0, 0.05) is 39.9 Å². The topological polar surface area (TPSA) is 54.4 Å². The third-order valence-corrected chi connectivity index (χ3v) is 5.26. The summed E-state index contributed by atoms with van der Waals surface area (Å²) in [4.78, 5) is 21.5. The second-order valence-corrected chi connectivity index (χ2v) is 6.98. The number of hydrogen-bond donors (Lipinski definition) is 1. The van der Waals surface area contributed by atoms with Gasteiger partial charge in [0.15, 0.2) is 16.6 Å². The molecule has 2 aliphatic rings. The van der Waals surface area contributed by atoms with E-state index in [0.717, 1.165) is 23.5 Å². The van der Waals surface area contributed by atoms with E-state index in [1.807, 2.05) is 5.38 Å². The van der Waals surface area contributed by atoms with Crippen LogP contribution in [0.4, 0.5) is 4.39 Å². The molecule has 2 aromatic rings. The number of thiazole rings is 1. The predicted molar refractivity (Wildman–Crippen MR) is 91.8 cm³/mol. The van der Waals surface area contributed by atoms with Gasteiger partial charge in [0.1, 0.15) is 11.9 Å². The fourth-order valence-electron chi connectivity index (χ4n) is 3.08. The number of nitrogens with one attached hydrogen (secondary N) is 1. The van der Waals surface area contributed by atoms with Crippen LogP contribution in [0.5, 0.6) is 0 Å². The van der Waals surface area contributed by atoms with Gasteiger partial charge in [-0.15, -0.1) is 11.3 Å². The molecule has 0 bridgehead atoms. The Morgan fingerprint density at radius 1 is 1.33 bits per heavy atom. The molecule has 1 aromatic heterocycles. The Kier molecular flexibility index (Phi) is 3.94. The average molecular weight is 362 g/mol. The molecule has 24 heavy (non-hydrogen) atoms. The Morgan fingerprint density at radius 2 is 2.21 bits per heavy atom. The first-order chi connectivity index (χ1) is 11.6. The molecular formula is C17H13ClFN3OS. The van der Waals surface area contributed by atoms with E-state index in [1.54, 1.807) is 12.3 Å². The fourth-order valence-corrected chi connectivity index (χ4v) is 3.94. The van der Waals surface area contributed by atoms with Crippen molar-refractivity contribution < 1.29 is 9.18 Å². The van der Waals surface area contributed by atoms with Crippen molar-refractivity contribution in [1.82, 2.24) is 10.3 Å². The van der Waals surface area contributed by atoms with Crippen molar-refractivity contribution in [2.45, 2.75) is 25.3 Å². The van der Waals surface area contributed by atoms with E-state index >= 15 is 0 Å². The van der Waals surface area contributed by atoms with Crippen LogP contribution < -0.4 is 5.32 Å². The summed E-state index contributed by atoms with van der Waals surface area (Å²) in [5, 5.41) is 6.15. The van der Waals surface area contributed by atoms with Crippen LogP contribution in [0, 0.1) is 5.82 Å². The van der Waals surface area contributed by atoms with Crippen LogP contribution in [0.2, 0.25) is 5.02 Å². The maximum Gasteiger partial charge on any atom is 0.163 e. The van der Waals surface area contributed by atoms with Crippen LogP contribution in [0.15, 0.2) is 46.0 Å². The predicted octanol–water partition coefficient (Wildman–Crippen LogP) is 4.03. The molecule has 1 aliphatic carbocycles. The summed E-state index contributed by atoms with van der Waals surface area (Å²) in [6, 6.07) is 3.67.